The van der Waals surface area contributed by atoms with Gasteiger partial charge in [-0.25, -0.2) is 0 Å². The zero-order valence-electron chi connectivity index (χ0n) is 20.7. The molecule has 1 unspecified atom stereocenters. The van der Waals surface area contributed by atoms with Crippen molar-refractivity contribution >= 4 is 17.4 Å². The van der Waals surface area contributed by atoms with Gasteiger partial charge < -0.3 is 34.6 Å². The van der Waals surface area contributed by atoms with Crippen LogP contribution in [0.5, 0.6) is 0 Å². The minimum absolute atomic E-state index is 0.0495. The minimum Gasteiger partial charge on any atom is -0.461 e. The van der Waals surface area contributed by atoms with Gasteiger partial charge in [0.15, 0.2) is 6.29 Å². The van der Waals surface area contributed by atoms with Crippen LogP contribution >= 0.6 is 0 Å². The lowest BCUT2D eigenvalue weighted by molar-refractivity contribution is -0.328. The molecule has 0 radical (unpaired) electrons. The number of rotatable bonds is 4. The molecule has 37 heavy (non-hydrogen) atoms. The Morgan fingerprint density at radius 1 is 1.24 bits per heavy atom. The van der Waals surface area contributed by atoms with Crippen molar-refractivity contribution in [3.63, 3.8) is 0 Å². The van der Waals surface area contributed by atoms with Crippen LogP contribution in [0.15, 0.2) is 40.9 Å². The van der Waals surface area contributed by atoms with Gasteiger partial charge >= 0.3 is 5.97 Å². The fourth-order valence-electron chi connectivity index (χ4n) is 8.32. The lowest BCUT2D eigenvalue weighted by atomic mass is 9.66. The first kappa shape index (κ1) is 23.9. The van der Waals surface area contributed by atoms with E-state index >= 15 is 0 Å². The number of carbonyl (C=O) groups is 1. The van der Waals surface area contributed by atoms with Crippen LogP contribution in [0, 0.1) is 11.8 Å². The summed E-state index contributed by atoms with van der Waals surface area (Å²) in [5.41, 5.74) is 3.57. The van der Waals surface area contributed by atoms with E-state index in [9.17, 15) is 25.2 Å². The lowest BCUT2D eigenvalue weighted by Crippen LogP contribution is -2.70. The molecule has 0 amide bonds. The summed E-state index contributed by atoms with van der Waals surface area (Å²) in [5, 5.41) is 40.9. The zero-order chi connectivity index (χ0) is 25.8. The maximum atomic E-state index is 12.4. The number of benzene rings is 1. The molecule has 10 nitrogen and oxygen atoms in total. The molecule has 5 bridgehead atoms. The van der Waals surface area contributed by atoms with Crippen molar-refractivity contribution in [1.29, 1.82) is 0 Å². The number of piperidine rings is 4. The second-order valence-corrected chi connectivity index (χ2v) is 11.1. The van der Waals surface area contributed by atoms with Crippen LogP contribution < -0.4 is 0 Å². The number of allylic oxidation sites excluding steroid dienone is 1. The van der Waals surface area contributed by atoms with E-state index in [1.807, 2.05) is 31.2 Å². The van der Waals surface area contributed by atoms with E-state index < -0.39 is 49.0 Å². The highest BCUT2D eigenvalue weighted by atomic mass is 16.7. The Hall–Kier alpha value is -2.18. The molecule has 4 N–H and O–H groups in total. The zero-order valence-corrected chi connectivity index (χ0v) is 20.7. The van der Waals surface area contributed by atoms with Gasteiger partial charge in [-0.2, -0.15) is 0 Å². The monoisotopic (exact) mass is 512 g/mol. The predicted octanol–water partition coefficient (Wildman–Crippen LogP) is 0.137. The van der Waals surface area contributed by atoms with Gasteiger partial charge in [0, 0.05) is 18.9 Å². The van der Waals surface area contributed by atoms with Crippen molar-refractivity contribution in [2.45, 2.75) is 87.2 Å². The number of esters is 1. The molecular formula is C27H32N2O8. The number of aliphatic imine (C=N–C) groups is 1. The molecule has 6 aliphatic heterocycles. The molecule has 1 spiro atoms. The highest BCUT2D eigenvalue weighted by Crippen LogP contribution is 2.67. The van der Waals surface area contributed by atoms with Gasteiger partial charge in [-0.3, -0.25) is 14.7 Å². The Morgan fingerprint density at radius 3 is 2.76 bits per heavy atom. The van der Waals surface area contributed by atoms with E-state index in [4.69, 9.17) is 19.2 Å². The Balaban J connectivity index is 1.30. The van der Waals surface area contributed by atoms with Gasteiger partial charge in [0.25, 0.3) is 0 Å². The molecule has 0 aromatic heterocycles. The largest absolute Gasteiger partial charge is 0.461 e. The molecule has 5 saturated heterocycles. The summed E-state index contributed by atoms with van der Waals surface area (Å²) in [4.78, 5) is 19.8. The number of carbonyl (C=O) groups excluding carboxylic acids is 1. The summed E-state index contributed by atoms with van der Waals surface area (Å²) >= 11 is 0. The third kappa shape index (κ3) is 2.95. The van der Waals surface area contributed by atoms with Crippen LogP contribution in [-0.2, 0) is 24.4 Å². The molecule has 1 aromatic rings. The van der Waals surface area contributed by atoms with Crippen molar-refractivity contribution < 1.29 is 39.4 Å². The number of aliphatic hydroxyl groups excluding tert-OH is 4. The van der Waals surface area contributed by atoms with Crippen LogP contribution in [0.1, 0.15) is 32.3 Å². The quantitative estimate of drug-likeness (QED) is 0.327. The number of para-hydroxylation sites is 1. The van der Waals surface area contributed by atoms with Crippen LogP contribution in [0.25, 0.3) is 0 Å². The molecule has 1 aliphatic carbocycles. The van der Waals surface area contributed by atoms with Gasteiger partial charge in [-0.05, 0) is 42.9 Å². The van der Waals surface area contributed by atoms with Crippen LogP contribution in [0.3, 0.4) is 0 Å². The summed E-state index contributed by atoms with van der Waals surface area (Å²) in [6.45, 7) is 2.89. The van der Waals surface area contributed by atoms with E-state index in [0.717, 1.165) is 35.4 Å². The number of fused-ring (bicyclic) bond motifs is 2. The highest BCUT2D eigenvalue weighted by Gasteiger charge is 2.75. The van der Waals surface area contributed by atoms with Crippen molar-refractivity contribution in [2.75, 3.05) is 6.61 Å². The van der Waals surface area contributed by atoms with Crippen molar-refractivity contribution in [3.8, 4) is 0 Å². The first-order valence-electron chi connectivity index (χ1n) is 13.1. The van der Waals surface area contributed by atoms with E-state index in [1.54, 1.807) is 0 Å². The second kappa shape index (κ2) is 8.16. The van der Waals surface area contributed by atoms with Crippen molar-refractivity contribution in [3.05, 3.63) is 41.5 Å². The number of nitrogens with zero attached hydrogens (tertiary/aromatic N) is 2. The average molecular weight is 513 g/mol. The van der Waals surface area contributed by atoms with Gasteiger partial charge in [-0.1, -0.05) is 24.3 Å². The molecule has 1 aromatic carbocycles. The Labute approximate surface area is 214 Å². The smallest absolute Gasteiger partial charge is 0.302 e. The molecule has 1 saturated carbocycles. The molecule has 6 fully saturated rings. The number of ether oxygens (including phenoxy) is 3. The predicted molar refractivity (Wildman–Crippen MR) is 129 cm³/mol. The molecule has 6 heterocycles. The second-order valence-electron chi connectivity index (χ2n) is 11.1. The Bertz CT molecular complexity index is 1200. The summed E-state index contributed by atoms with van der Waals surface area (Å²) in [7, 11) is 0. The molecule has 198 valence electrons. The standard InChI is InChI=1S/C27H32N2O8/c1-3-12-13-8-16-23-27(14-6-4-5-7-15(14)28-23)9-17(19(13)24(27)35-11(2)31)29(16)25(12)37-26-22(34)21(33)20(32)18(10-30)36-26/h3-7,13,16-22,24-26,30,32-34H,8-10H2,1-2H3/b12-3+/t13-,16-,17-,18+,19-,20+,21-,22+,24+,25+,26-,27+/m0/s1. The minimum atomic E-state index is -1.52. The third-order valence-corrected chi connectivity index (χ3v) is 9.62. The van der Waals surface area contributed by atoms with Gasteiger partial charge in [0.1, 0.15) is 36.7 Å². The SMILES string of the molecule is C/C=C1/[C@@H](O[C@@H]2O[C@H](CO)[C@@H](O)[C@H](O)[C@H]2O)N2[C@H]3C[C@@H]1[C@@H]1[C@@H](OC(C)=O)[C@@]4(C[C@@H]12)C3=Nc1ccccc14. The molecule has 7 aliphatic rings. The normalized spacial score (nSPS) is 49.7. The maximum Gasteiger partial charge on any atom is 0.302 e. The topological polar surface area (TPSA) is 141 Å². The van der Waals surface area contributed by atoms with Gasteiger partial charge in [-0.15, -0.1) is 0 Å². The van der Waals surface area contributed by atoms with Gasteiger partial charge in [0.2, 0.25) is 0 Å². The van der Waals surface area contributed by atoms with Crippen molar-refractivity contribution in [2.24, 2.45) is 16.8 Å². The fourth-order valence-corrected chi connectivity index (χ4v) is 8.32. The van der Waals surface area contributed by atoms with E-state index in [1.165, 1.54) is 6.92 Å². The average Bonchev–Trinajstić information content (AvgIpc) is 3.36. The summed E-state index contributed by atoms with van der Waals surface area (Å²) in [6.07, 6.45) is -4.07. The number of hydrogen-bond donors (Lipinski definition) is 4. The summed E-state index contributed by atoms with van der Waals surface area (Å²) < 4.78 is 18.3. The maximum absolute atomic E-state index is 12.4. The lowest BCUT2D eigenvalue weighted by Gasteiger charge is -2.59. The van der Waals surface area contributed by atoms with Gasteiger partial charge in [0.05, 0.1) is 29.5 Å². The van der Waals surface area contributed by atoms with E-state index in [0.29, 0.717) is 0 Å². The molecular weight excluding hydrogens is 480 g/mol. The van der Waals surface area contributed by atoms with Crippen LogP contribution in [-0.4, -0.2) is 98.7 Å². The first-order valence-corrected chi connectivity index (χ1v) is 13.1. The number of hydrogen-bond acceptors (Lipinski definition) is 10. The van der Waals surface area contributed by atoms with E-state index in [2.05, 4.69) is 11.0 Å². The molecule has 13 atom stereocenters. The third-order valence-electron chi connectivity index (χ3n) is 9.62. The van der Waals surface area contributed by atoms with E-state index in [-0.39, 0.29) is 36.0 Å². The highest BCUT2D eigenvalue weighted by molar-refractivity contribution is 6.08. The molecule has 10 heteroatoms. The van der Waals surface area contributed by atoms with Crippen molar-refractivity contribution in [1.82, 2.24) is 4.90 Å². The Morgan fingerprint density at radius 2 is 2.03 bits per heavy atom. The summed E-state index contributed by atoms with van der Waals surface area (Å²) in [6, 6.07) is 8.10. The molecule has 8 rings (SSSR count). The fraction of sp³-hybridized carbons (Fsp3) is 0.630. The first-order chi connectivity index (χ1) is 17.8. The Kier molecular flexibility index (Phi) is 5.27. The van der Waals surface area contributed by atoms with Crippen LogP contribution in [0.4, 0.5) is 5.69 Å². The van der Waals surface area contributed by atoms with Crippen LogP contribution in [0.2, 0.25) is 0 Å². The summed E-state index contributed by atoms with van der Waals surface area (Å²) in [5.74, 6) is -0.176. The number of aliphatic hydroxyl groups is 4.